The van der Waals surface area contributed by atoms with Crippen molar-refractivity contribution >= 4 is 32.7 Å². The number of fused-ring (bicyclic) bond motifs is 1. The lowest BCUT2D eigenvalue weighted by Crippen LogP contribution is -2.33. The number of hydrogen-bond donors (Lipinski definition) is 2. The Morgan fingerprint density at radius 2 is 2.20 bits per heavy atom. The van der Waals surface area contributed by atoms with Crippen LogP contribution in [-0.4, -0.2) is 10.5 Å². The zero-order chi connectivity index (χ0) is 10.8. The van der Waals surface area contributed by atoms with Crippen LogP contribution in [0.2, 0.25) is 0 Å². The highest BCUT2D eigenvalue weighted by Crippen LogP contribution is 2.25. The van der Waals surface area contributed by atoms with E-state index in [0.29, 0.717) is 0 Å². The number of aromatic nitrogens is 1. The fourth-order valence-electron chi connectivity index (χ4n) is 1.53. The largest absolute Gasteiger partial charge is 0.337 e. The van der Waals surface area contributed by atoms with E-state index in [-0.39, 0.29) is 12.5 Å². The van der Waals surface area contributed by atoms with Gasteiger partial charge in [-0.25, -0.2) is 5.84 Å². The summed E-state index contributed by atoms with van der Waals surface area (Å²) in [4.78, 5) is 11.2. The molecule has 5 heteroatoms. The van der Waals surface area contributed by atoms with Crippen LogP contribution in [0.4, 0.5) is 0 Å². The number of hydrazine groups is 1. The van der Waals surface area contributed by atoms with Crippen LogP contribution in [0, 0.1) is 0 Å². The molecule has 0 atom stereocenters. The molecule has 0 spiro atoms. The topological polar surface area (TPSA) is 60.0 Å². The van der Waals surface area contributed by atoms with Crippen molar-refractivity contribution in [2.45, 2.75) is 6.54 Å². The van der Waals surface area contributed by atoms with Gasteiger partial charge < -0.3 is 4.57 Å². The highest BCUT2D eigenvalue weighted by atomic mass is 79.9. The molecule has 0 saturated heterocycles. The van der Waals surface area contributed by atoms with E-state index >= 15 is 0 Å². The summed E-state index contributed by atoms with van der Waals surface area (Å²) in [5, 5.41) is 1.09. The van der Waals surface area contributed by atoms with Gasteiger partial charge in [0.25, 0.3) is 5.91 Å². The lowest BCUT2D eigenvalue weighted by Gasteiger charge is -2.02. The number of rotatable bonds is 2. The molecule has 0 radical (unpaired) electrons. The van der Waals surface area contributed by atoms with Crippen LogP contribution in [0.15, 0.2) is 34.9 Å². The van der Waals surface area contributed by atoms with Crippen molar-refractivity contribution in [2.75, 3.05) is 0 Å². The number of carbonyl (C=O) groups excluding carboxylic acids is 1. The Kier molecular flexibility index (Phi) is 2.75. The minimum absolute atomic E-state index is 0.219. The van der Waals surface area contributed by atoms with Crippen LogP contribution in [0.25, 0.3) is 10.9 Å². The minimum atomic E-state index is -0.219. The third-order valence-corrected chi connectivity index (χ3v) is 2.85. The molecule has 0 saturated carbocycles. The summed E-state index contributed by atoms with van der Waals surface area (Å²) in [7, 11) is 0. The Hall–Kier alpha value is -1.33. The maximum atomic E-state index is 11.2. The van der Waals surface area contributed by atoms with Gasteiger partial charge >= 0.3 is 0 Å². The van der Waals surface area contributed by atoms with Crippen molar-refractivity contribution in [3.05, 3.63) is 34.9 Å². The lowest BCUT2D eigenvalue weighted by molar-refractivity contribution is -0.121. The quantitative estimate of drug-likeness (QED) is 0.491. The molecule has 2 rings (SSSR count). The van der Waals surface area contributed by atoms with Gasteiger partial charge in [0.1, 0.15) is 6.54 Å². The van der Waals surface area contributed by atoms with E-state index in [4.69, 9.17) is 5.84 Å². The second-order valence-electron chi connectivity index (χ2n) is 3.19. The summed E-state index contributed by atoms with van der Waals surface area (Å²) in [6.07, 6.45) is 1.87. The summed E-state index contributed by atoms with van der Waals surface area (Å²) >= 11 is 3.45. The van der Waals surface area contributed by atoms with Crippen molar-refractivity contribution < 1.29 is 4.79 Å². The van der Waals surface area contributed by atoms with Gasteiger partial charge in [-0.15, -0.1) is 0 Å². The number of benzene rings is 1. The van der Waals surface area contributed by atoms with Crippen molar-refractivity contribution in [1.29, 1.82) is 0 Å². The first-order valence-corrected chi connectivity index (χ1v) is 5.24. The molecule has 3 N–H and O–H groups in total. The first kappa shape index (κ1) is 10.2. The summed E-state index contributed by atoms with van der Waals surface area (Å²) in [6.45, 7) is 0.225. The number of nitrogens with one attached hydrogen (secondary N) is 1. The predicted octanol–water partition coefficient (Wildman–Crippen LogP) is 1.39. The minimum Gasteiger partial charge on any atom is -0.337 e. The number of hydrogen-bond acceptors (Lipinski definition) is 2. The zero-order valence-corrected chi connectivity index (χ0v) is 9.49. The Bertz CT molecular complexity index is 506. The normalized spacial score (nSPS) is 10.5. The second-order valence-corrected chi connectivity index (χ2v) is 4.04. The van der Waals surface area contributed by atoms with Crippen LogP contribution in [0.5, 0.6) is 0 Å². The van der Waals surface area contributed by atoms with E-state index in [0.717, 1.165) is 15.4 Å². The van der Waals surface area contributed by atoms with Crippen LogP contribution in [0.3, 0.4) is 0 Å². The smallest absolute Gasteiger partial charge is 0.253 e. The summed E-state index contributed by atoms with van der Waals surface area (Å²) in [5.74, 6) is 4.83. The molecule has 1 heterocycles. The van der Waals surface area contributed by atoms with Crippen LogP contribution >= 0.6 is 15.9 Å². The van der Waals surface area contributed by atoms with Gasteiger partial charge in [0.2, 0.25) is 0 Å². The lowest BCUT2D eigenvalue weighted by atomic mass is 10.2. The second kappa shape index (κ2) is 4.04. The molecule has 0 aliphatic carbocycles. The third kappa shape index (κ3) is 1.88. The van der Waals surface area contributed by atoms with Gasteiger partial charge in [0, 0.05) is 21.6 Å². The van der Waals surface area contributed by atoms with Gasteiger partial charge in [0.15, 0.2) is 0 Å². The van der Waals surface area contributed by atoms with E-state index in [2.05, 4.69) is 21.4 Å². The van der Waals surface area contributed by atoms with Gasteiger partial charge in [-0.3, -0.25) is 10.2 Å². The molecule has 2 aromatic rings. The average molecular weight is 268 g/mol. The van der Waals surface area contributed by atoms with E-state index in [1.807, 2.05) is 35.0 Å². The monoisotopic (exact) mass is 267 g/mol. The first-order valence-electron chi connectivity index (χ1n) is 4.45. The maximum absolute atomic E-state index is 11.2. The summed E-state index contributed by atoms with van der Waals surface area (Å²) in [6, 6.07) is 7.85. The SMILES string of the molecule is NNC(=O)Cn1cc(Br)c2ccccc21. The standard InChI is InChI=1S/C10H10BrN3O/c11-8-5-14(6-10(15)13-12)9-4-2-1-3-7(8)9/h1-5H,6,12H2,(H,13,15). The van der Waals surface area contributed by atoms with Gasteiger partial charge in [-0.2, -0.15) is 0 Å². The molecular formula is C10H10BrN3O. The van der Waals surface area contributed by atoms with E-state index < -0.39 is 0 Å². The van der Waals surface area contributed by atoms with E-state index in [9.17, 15) is 4.79 Å². The molecule has 0 unspecified atom stereocenters. The Morgan fingerprint density at radius 3 is 2.93 bits per heavy atom. The number of carbonyl (C=O) groups is 1. The van der Waals surface area contributed by atoms with Crippen LogP contribution < -0.4 is 11.3 Å². The highest BCUT2D eigenvalue weighted by Gasteiger charge is 2.07. The van der Waals surface area contributed by atoms with Crippen molar-refractivity contribution in [2.24, 2.45) is 5.84 Å². The molecule has 78 valence electrons. The number of amides is 1. The Labute approximate surface area is 95.2 Å². The van der Waals surface area contributed by atoms with Crippen LogP contribution in [0.1, 0.15) is 0 Å². The predicted molar refractivity (Wildman–Crippen MR) is 62.0 cm³/mol. The van der Waals surface area contributed by atoms with E-state index in [1.165, 1.54) is 0 Å². The molecule has 4 nitrogen and oxygen atoms in total. The number of nitrogens with two attached hydrogens (primary N) is 1. The Balaban J connectivity index is 2.48. The molecule has 15 heavy (non-hydrogen) atoms. The number of halogens is 1. The molecule has 1 aromatic carbocycles. The first-order chi connectivity index (χ1) is 7.22. The number of para-hydroxylation sites is 1. The highest BCUT2D eigenvalue weighted by molar-refractivity contribution is 9.10. The van der Waals surface area contributed by atoms with Gasteiger partial charge in [0.05, 0.1) is 0 Å². The number of nitrogens with zero attached hydrogens (tertiary/aromatic N) is 1. The molecule has 1 aromatic heterocycles. The molecule has 0 fully saturated rings. The fourth-order valence-corrected chi connectivity index (χ4v) is 2.12. The maximum Gasteiger partial charge on any atom is 0.253 e. The molecule has 1 amide bonds. The average Bonchev–Trinajstić information content (AvgIpc) is 2.57. The van der Waals surface area contributed by atoms with Gasteiger partial charge in [-0.05, 0) is 22.0 Å². The summed E-state index contributed by atoms with van der Waals surface area (Å²) in [5.41, 5.74) is 3.12. The van der Waals surface area contributed by atoms with Crippen LogP contribution in [-0.2, 0) is 11.3 Å². The fraction of sp³-hybridized carbons (Fsp3) is 0.100. The third-order valence-electron chi connectivity index (χ3n) is 2.21. The van der Waals surface area contributed by atoms with E-state index in [1.54, 1.807) is 0 Å². The van der Waals surface area contributed by atoms with Crippen molar-refractivity contribution in [1.82, 2.24) is 9.99 Å². The van der Waals surface area contributed by atoms with Crippen molar-refractivity contribution in [3.8, 4) is 0 Å². The molecule has 0 aliphatic heterocycles. The zero-order valence-electron chi connectivity index (χ0n) is 7.90. The van der Waals surface area contributed by atoms with Crippen molar-refractivity contribution in [3.63, 3.8) is 0 Å². The Morgan fingerprint density at radius 1 is 1.47 bits per heavy atom. The molecule has 0 aliphatic rings. The van der Waals surface area contributed by atoms with Gasteiger partial charge in [-0.1, -0.05) is 18.2 Å². The summed E-state index contributed by atoms with van der Waals surface area (Å²) < 4.78 is 2.82. The molecular weight excluding hydrogens is 258 g/mol. The molecule has 0 bridgehead atoms.